The minimum atomic E-state index is -1.13. The van der Waals surface area contributed by atoms with Gasteiger partial charge in [-0.25, -0.2) is 18.7 Å². The highest BCUT2D eigenvalue weighted by Crippen LogP contribution is 2.44. The van der Waals surface area contributed by atoms with E-state index in [0.29, 0.717) is 40.2 Å². The first-order valence-electron chi connectivity index (χ1n) is 11.9. The molecule has 0 bridgehead atoms. The van der Waals surface area contributed by atoms with Gasteiger partial charge < -0.3 is 9.84 Å². The molecule has 11 heteroatoms. The SMILES string of the molecule is Cc1cnc(-c2ccnc([C@](C)(O)C3CC3)n2)cc1-n1c(C)cc(OCc2ncc(F)cc2F)c(Cl)c1=O. The minimum Gasteiger partial charge on any atom is -0.485 e. The Hall–Kier alpha value is -3.76. The molecule has 1 atom stereocenters. The normalized spacial score (nSPS) is 14.8. The largest absolute Gasteiger partial charge is 0.485 e. The number of hydrogen-bond donors (Lipinski definition) is 1. The lowest BCUT2D eigenvalue weighted by atomic mass is 9.99. The third-order valence-electron chi connectivity index (χ3n) is 6.61. The molecule has 4 aromatic heterocycles. The van der Waals surface area contributed by atoms with Crippen molar-refractivity contribution in [3.63, 3.8) is 0 Å². The molecule has 0 saturated heterocycles. The van der Waals surface area contributed by atoms with Crippen LogP contribution in [-0.2, 0) is 12.2 Å². The molecule has 0 unspecified atom stereocenters. The number of halogens is 3. The average Bonchev–Trinajstić information content (AvgIpc) is 3.74. The zero-order chi connectivity index (χ0) is 27.2. The predicted octanol–water partition coefficient (Wildman–Crippen LogP) is 4.83. The molecule has 1 N–H and O–H groups in total. The topological polar surface area (TPSA) is 103 Å². The molecule has 0 amide bonds. The Balaban J connectivity index is 1.49. The first kappa shape index (κ1) is 25.9. The highest BCUT2D eigenvalue weighted by Gasteiger charge is 2.43. The first-order valence-corrected chi connectivity index (χ1v) is 12.3. The van der Waals surface area contributed by atoms with Gasteiger partial charge in [0, 0.05) is 30.2 Å². The van der Waals surface area contributed by atoms with Crippen molar-refractivity contribution in [3.05, 3.63) is 92.6 Å². The standard InChI is InChI=1S/C27H24ClF2N5O3/c1-14-11-32-20(19-6-7-31-26(34-19)27(3,37)16-4-5-16)10-22(14)35-15(2)8-23(24(28)25(35)36)38-13-21-18(30)9-17(29)12-33-21/h6-12,16,37H,4-5,13H2,1-3H3/t27-/m1/s1. The monoisotopic (exact) mass is 539 g/mol. The number of rotatable bonds is 7. The summed E-state index contributed by atoms with van der Waals surface area (Å²) >= 11 is 6.37. The maximum atomic E-state index is 13.9. The van der Waals surface area contributed by atoms with Crippen molar-refractivity contribution in [2.24, 2.45) is 5.92 Å². The Morgan fingerprint density at radius 1 is 1.13 bits per heavy atom. The maximum Gasteiger partial charge on any atom is 0.277 e. The summed E-state index contributed by atoms with van der Waals surface area (Å²) in [6.07, 6.45) is 5.93. The van der Waals surface area contributed by atoms with Crippen molar-refractivity contribution in [3.8, 4) is 22.8 Å². The van der Waals surface area contributed by atoms with Crippen molar-refractivity contribution in [2.45, 2.75) is 45.8 Å². The Labute approximate surface area is 222 Å². The first-order chi connectivity index (χ1) is 18.1. The number of aromatic nitrogens is 5. The van der Waals surface area contributed by atoms with Gasteiger partial charge in [0.2, 0.25) is 0 Å². The van der Waals surface area contributed by atoms with Gasteiger partial charge in [-0.15, -0.1) is 0 Å². The van der Waals surface area contributed by atoms with E-state index >= 15 is 0 Å². The van der Waals surface area contributed by atoms with Crippen LogP contribution in [0.2, 0.25) is 5.02 Å². The second-order valence-electron chi connectivity index (χ2n) is 9.52. The molecule has 1 aliphatic carbocycles. The van der Waals surface area contributed by atoms with Crippen LogP contribution < -0.4 is 10.3 Å². The van der Waals surface area contributed by atoms with Gasteiger partial charge in [-0.1, -0.05) is 11.6 Å². The Bertz CT molecular complexity index is 1600. The molecular weight excluding hydrogens is 516 g/mol. The molecule has 0 spiro atoms. The minimum absolute atomic E-state index is 0.0469. The second-order valence-corrected chi connectivity index (χ2v) is 9.90. The van der Waals surface area contributed by atoms with Crippen molar-refractivity contribution < 1.29 is 18.6 Å². The van der Waals surface area contributed by atoms with Gasteiger partial charge in [0.15, 0.2) is 11.6 Å². The molecule has 1 fully saturated rings. The van der Waals surface area contributed by atoms with E-state index in [1.54, 1.807) is 44.4 Å². The third kappa shape index (κ3) is 4.89. The number of ether oxygens (including phenoxy) is 1. The summed E-state index contributed by atoms with van der Waals surface area (Å²) in [4.78, 5) is 30.3. The molecule has 38 heavy (non-hydrogen) atoms. The molecule has 1 aliphatic rings. The van der Waals surface area contributed by atoms with Crippen LogP contribution in [0.5, 0.6) is 5.75 Å². The van der Waals surface area contributed by atoms with Crippen LogP contribution in [-0.4, -0.2) is 29.6 Å². The smallest absolute Gasteiger partial charge is 0.277 e. The van der Waals surface area contributed by atoms with Crippen LogP contribution in [0.3, 0.4) is 0 Å². The molecular formula is C27H24ClF2N5O3. The predicted molar refractivity (Wildman–Crippen MR) is 136 cm³/mol. The van der Waals surface area contributed by atoms with E-state index in [1.807, 2.05) is 6.92 Å². The van der Waals surface area contributed by atoms with Gasteiger partial charge >= 0.3 is 0 Å². The molecule has 1 saturated carbocycles. The summed E-state index contributed by atoms with van der Waals surface area (Å²) in [6.45, 7) is 4.89. The number of aryl methyl sites for hydroxylation is 2. The van der Waals surface area contributed by atoms with Crippen molar-refractivity contribution in [1.82, 2.24) is 24.5 Å². The van der Waals surface area contributed by atoms with Crippen LogP contribution in [0.1, 0.15) is 42.5 Å². The van der Waals surface area contributed by atoms with Crippen LogP contribution in [0.25, 0.3) is 17.1 Å². The summed E-state index contributed by atoms with van der Waals surface area (Å²) in [7, 11) is 0. The van der Waals surface area contributed by atoms with E-state index in [-0.39, 0.29) is 29.0 Å². The summed E-state index contributed by atoms with van der Waals surface area (Å²) in [5, 5.41) is 10.7. The number of pyridine rings is 3. The Kier molecular flexibility index (Phi) is 6.70. The fourth-order valence-electron chi connectivity index (χ4n) is 4.25. The molecule has 0 radical (unpaired) electrons. The lowest BCUT2D eigenvalue weighted by Crippen LogP contribution is -2.27. The third-order valence-corrected chi connectivity index (χ3v) is 6.95. The van der Waals surface area contributed by atoms with Gasteiger partial charge in [0.05, 0.1) is 23.3 Å². The molecule has 4 heterocycles. The van der Waals surface area contributed by atoms with Gasteiger partial charge in [0.1, 0.15) is 34.5 Å². The Morgan fingerprint density at radius 2 is 1.89 bits per heavy atom. The van der Waals surface area contributed by atoms with E-state index in [0.717, 1.165) is 19.0 Å². The summed E-state index contributed by atoms with van der Waals surface area (Å²) in [6, 6.07) is 5.67. The zero-order valence-corrected chi connectivity index (χ0v) is 21.6. The van der Waals surface area contributed by atoms with Crippen molar-refractivity contribution in [2.75, 3.05) is 0 Å². The second kappa shape index (κ2) is 9.85. The molecule has 5 rings (SSSR count). The maximum absolute atomic E-state index is 13.9. The van der Waals surface area contributed by atoms with Crippen molar-refractivity contribution in [1.29, 1.82) is 0 Å². The van der Waals surface area contributed by atoms with E-state index in [9.17, 15) is 18.7 Å². The van der Waals surface area contributed by atoms with Crippen molar-refractivity contribution >= 4 is 11.6 Å². The molecule has 4 aromatic rings. The Morgan fingerprint density at radius 3 is 2.61 bits per heavy atom. The van der Waals surface area contributed by atoms with Crippen LogP contribution in [0.15, 0.2) is 47.7 Å². The molecule has 0 aromatic carbocycles. The fourth-order valence-corrected chi connectivity index (χ4v) is 4.44. The van der Waals surface area contributed by atoms with E-state index < -0.39 is 22.8 Å². The fraction of sp³-hybridized carbons (Fsp3) is 0.296. The van der Waals surface area contributed by atoms with Gasteiger partial charge in [-0.05, 0) is 57.2 Å². The molecule has 8 nitrogen and oxygen atoms in total. The average molecular weight is 540 g/mol. The lowest BCUT2D eigenvalue weighted by molar-refractivity contribution is 0.0240. The molecule has 196 valence electrons. The van der Waals surface area contributed by atoms with Crippen LogP contribution in [0, 0.1) is 31.4 Å². The van der Waals surface area contributed by atoms with Gasteiger partial charge in [0.25, 0.3) is 5.56 Å². The zero-order valence-electron chi connectivity index (χ0n) is 20.9. The lowest BCUT2D eigenvalue weighted by Gasteiger charge is -2.21. The summed E-state index contributed by atoms with van der Waals surface area (Å²) < 4.78 is 34.1. The number of aliphatic hydroxyl groups is 1. The van der Waals surface area contributed by atoms with Crippen LogP contribution >= 0.6 is 11.6 Å². The van der Waals surface area contributed by atoms with E-state index in [1.165, 1.54) is 4.57 Å². The quantitative estimate of drug-likeness (QED) is 0.359. The highest BCUT2D eigenvalue weighted by molar-refractivity contribution is 6.31. The van der Waals surface area contributed by atoms with Gasteiger partial charge in [-0.3, -0.25) is 19.3 Å². The summed E-state index contributed by atoms with van der Waals surface area (Å²) in [5.74, 6) is -1.17. The number of nitrogens with zero attached hydrogens (tertiary/aromatic N) is 5. The van der Waals surface area contributed by atoms with E-state index in [2.05, 4.69) is 19.9 Å². The van der Waals surface area contributed by atoms with Crippen LogP contribution in [0.4, 0.5) is 8.78 Å². The van der Waals surface area contributed by atoms with E-state index in [4.69, 9.17) is 16.3 Å². The molecule has 0 aliphatic heterocycles. The summed E-state index contributed by atoms with van der Waals surface area (Å²) in [5.41, 5.74) is 0.934. The van der Waals surface area contributed by atoms with Gasteiger partial charge in [-0.2, -0.15) is 0 Å². The number of hydrogen-bond acceptors (Lipinski definition) is 7. The highest BCUT2D eigenvalue weighted by atomic mass is 35.5.